The van der Waals surface area contributed by atoms with Gasteiger partial charge in [-0.25, -0.2) is 4.98 Å². The first-order chi connectivity index (χ1) is 11.6. The molecule has 0 amide bonds. The van der Waals surface area contributed by atoms with Crippen LogP contribution in [0.3, 0.4) is 0 Å². The van der Waals surface area contributed by atoms with Crippen molar-refractivity contribution < 1.29 is 4.74 Å². The summed E-state index contributed by atoms with van der Waals surface area (Å²) in [5, 5.41) is 0.729. The highest BCUT2D eigenvalue weighted by molar-refractivity contribution is 6.31. The zero-order valence-corrected chi connectivity index (χ0v) is 14.8. The Morgan fingerprint density at radius 2 is 1.92 bits per heavy atom. The van der Waals surface area contributed by atoms with Gasteiger partial charge in [0.1, 0.15) is 18.2 Å². The van der Waals surface area contributed by atoms with Crippen LogP contribution >= 0.6 is 11.6 Å². The van der Waals surface area contributed by atoms with E-state index in [0.717, 1.165) is 47.1 Å². The Labute approximate surface area is 147 Å². The van der Waals surface area contributed by atoms with Crippen molar-refractivity contribution in [2.45, 2.75) is 19.6 Å². The zero-order chi connectivity index (χ0) is 16.9. The third-order valence-electron chi connectivity index (χ3n) is 3.89. The van der Waals surface area contributed by atoms with Gasteiger partial charge in [0.25, 0.3) is 0 Å². The lowest BCUT2D eigenvalue weighted by molar-refractivity contribution is 0.288. The molecule has 0 unspecified atom stereocenters. The summed E-state index contributed by atoms with van der Waals surface area (Å²) in [6.07, 6.45) is 1.04. The molecule has 0 atom stereocenters. The highest BCUT2D eigenvalue weighted by atomic mass is 35.5. The van der Waals surface area contributed by atoms with Gasteiger partial charge in [-0.3, -0.25) is 0 Å². The number of rotatable bonds is 7. The average Bonchev–Trinajstić information content (AvgIpc) is 2.91. The molecule has 0 N–H and O–H groups in total. The number of hydrogen-bond donors (Lipinski definition) is 0. The minimum Gasteiger partial charge on any atom is -0.486 e. The van der Waals surface area contributed by atoms with E-state index in [9.17, 15) is 0 Å². The van der Waals surface area contributed by atoms with E-state index in [-0.39, 0.29) is 0 Å². The third kappa shape index (κ3) is 4.08. The normalized spacial score (nSPS) is 11.3. The maximum absolute atomic E-state index is 6.18. The Morgan fingerprint density at radius 3 is 2.67 bits per heavy atom. The predicted octanol–water partition coefficient (Wildman–Crippen LogP) is 4.22. The summed E-state index contributed by atoms with van der Waals surface area (Å²) in [4.78, 5) is 6.92. The molecule has 2 aromatic carbocycles. The van der Waals surface area contributed by atoms with Gasteiger partial charge in [-0.05, 0) is 57.4 Å². The second-order valence-electron chi connectivity index (χ2n) is 6.07. The van der Waals surface area contributed by atoms with Crippen LogP contribution in [0.5, 0.6) is 5.75 Å². The van der Waals surface area contributed by atoms with Gasteiger partial charge in [-0.2, -0.15) is 0 Å². The van der Waals surface area contributed by atoms with Crippen molar-refractivity contribution in [1.82, 2.24) is 14.5 Å². The second-order valence-corrected chi connectivity index (χ2v) is 6.51. The van der Waals surface area contributed by atoms with Gasteiger partial charge in [0.2, 0.25) is 0 Å². The maximum Gasteiger partial charge on any atom is 0.147 e. The van der Waals surface area contributed by atoms with Crippen molar-refractivity contribution in [1.29, 1.82) is 0 Å². The molecule has 0 aliphatic rings. The Balaban J connectivity index is 1.84. The molecule has 0 fully saturated rings. The molecule has 0 aliphatic carbocycles. The molecule has 126 valence electrons. The SMILES string of the molecule is CN(C)CCCn1c(COc2ccccc2)nc2ccc(Cl)cc21. The Kier molecular flexibility index (Phi) is 5.38. The largest absolute Gasteiger partial charge is 0.486 e. The Bertz CT molecular complexity index is 799. The molecule has 3 rings (SSSR count). The number of hydrogen-bond acceptors (Lipinski definition) is 3. The first-order valence-electron chi connectivity index (χ1n) is 8.11. The van der Waals surface area contributed by atoms with Crippen molar-refractivity contribution >= 4 is 22.6 Å². The summed E-state index contributed by atoms with van der Waals surface area (Å²) in [6, 6.07) is 15.6. The molecule has 0 bridgehead atoms. The summed E-state index contributed by atoms with van der Waals surface area (Å²) in [7, 11) is 4.17. The van der Waals surface area contributed by atoms with Crippen LogP contribution in [0.4, 0.5) is 0 Å². The molecular weight excluding hydrogens is 322 g/mol. The number of aryl methyl sites for hydroxylation is 1. The van der Waals surface area contributed by atoms with E-state index in [0.29, 0.717) is 6.61 Å². The molecule has 1 aromatic heterocycles. The van der Waals surface area contributed by atoms with E-state index in [1.54, 1.807) is 0 Å². The average molecular weight is 344 g/mol. The van der Waals surface area contributed by atoms with Crippen molar-refractivity contribution in [2.75, 3.05) is 20.6 Å². The minimum absolute atomic E-state index is 0.443. The summed E-state index contributed by atoms with van der Waals surface area (Å²) in [5.41, 5.74) is 2.02. The highest BCUT2D eigenvalue weighted by Crippen LogP contribution is 2.22. The lowest BCUT2D eigenvalue weighted by Gasteiger charge is -2.13. The topological polar surface area (TPSA) is 30.3 Å². The Morgan fingerprint density at radius 1 is 1.12 bits per heavy atom. The van der Waals surface area contributed by atoms with E-state index in [1.165, 1.54) is 0 Å². The van der Waals surface area contributed by atoms with Gasteiger partial charge >= 0.3 is 0 Å². The van der Waals surface area contributed by atoms with E-state index < -0.39 is 0 Å². The van der Waals surface area contributed by atoms with E-state index in [1.807, 2.05) is 48.5 Å². The monoisotopic (exact) mass is 343 g/mol. The lowest BCUT2D eigenvalue weighted by atomic mass is 10.3. The van der Waals surface area contributed by atoms with Gasteiger partial charge in [-0.15, -0.1) is 0 Å². The van der Waals surface area contributed by atoms with Gasteiger partial charge in [0, 0.05) is 11.6 Å². The van der Waals surface area contributed by atoms with Crippen LogP contribution in [-0.4, -0.2) is 35.1 Å². The van der Waals surface area contributed by atoms with E-state index in [4.69, 9.17) is 21.3 Å². The summed E-state index contributed by atoms with van der Waals surface area (Å²) < 4.78 is 8.11. The molecule has 1 heterocycles. The van der Waals surface area contributed by atoms with Gasteiger partial charge < -0.3 is 14.2 Å². The number of aromatic nitrogens is 2. The number of nitrogens with zero attached hydrogens (tertiary/aromatic N) is 3. The van der Waals surface area contributed by atoms with Gasteiger partial charge in [0.15, 0.2) is 0 Å². The van der Waals surface area contributed by atoms with Crippen molar-refractivity contribution in [3.8, 4) is 5.75 Å². The van der Waals surface area contributed by atoms with Gasteiger partial charge in [-0.1, -0.05) is 29.8 Å². The quantitative estimate of drug-likeness (QED) is 0.643. The molecule has 0 radical (unpaired) electrons. The molecule has 24 heavy (non-hydrogen) atoms. The molecule has 0 saturated carbocycles. The van der Waals surface area contributed by atoms with Gasteiger partial charge in [0.05, 0.1) is 11.0 Å². The Hall–Kier alpha value is -2.04. The van der Waals surface area contributed by atoms with Crippen LogP contribution in [0, 0.1) is 0 Å². The smallest absolute Gasteiger partial charge is 0.147 e. The number of ether oxygens (including phenoxy) is 1. The molecule has 3 aromatic rings. The van der Waals surface area contributed by atoms with Crippen molar-refractivity contribution in [3.63, 3.8) is 0 Å². The molecule has 4 nitrogen and oxygen atoms in total. The van der Waals surface area contributed by atoms with E-state index in [2.05, 4.69) is 23.6 Å². The summed E-state index contributed by atoms with van der Waals surface area (Å²) >= 11 is 6.18. The van der Waals surface area contributed by atoms with Crippen LogP contribution in [0.2, 0.25) is 5.02 Å². The fourth-order valence-electron chi connectivity index (χ4n) is 2.72. The van der Waals surface area contributed by atoms with Crippen LogP contribution < -0.4 is 4.74 Å². The molecular formula is C19H22ClN3O. The lowest BCUT2D eigenvalue weighted by Crippen LogP contribution is -2.16. The number of halogens is 1. The molecule has 5 heteroatoms. The number of para-hydroxylation sites is 1. The van der Waals surface area contributed by atoms with Crippen LogP contribution in [0.15, 0.2) is 48.5 Å². The number of benzene rings is 2. The van der Waals surface area contributed by atoms with Crippen molar-refractivity contribution in [2.24, 2.45) is 0 Å². The summed E-state index contributed by atoms with van der Waals surface area (Å²) in [6.45, 7) is 2.36. The van der Waals surface area contributed by atoms with E-state index >= 15 is 0 Å². The van der Waals surface area contributed by atoms with Crippen molar-refractivity contribution in [3.05, 3.63) is 59.4 Å². The van der Waals surface area contributed by atoms with Crippen LogP contribution in [-0.2, 0) is 13.2 Å². The number of fused-ring (bicyclic) bond motifs is 1. The minimum atomic E-state index is 0.443. The fraction of sp³-hybridized carbons (Fsp3) is 0.316. The van der Waals surface area contributed by atoms with Crippen LogP contribution in [0.1, 0.15) is 12.2 Å². The molecule has 0 saturated heterocycles. The summed E-state index contributed by atoms with van der Waals surface area (Å²) in [5.74, 6) is 1.78. The molecule has 0 aliphatic heterocycles. The second kappa shape index (κ2) is 7.69. The predicted molar refractivity (Wildman–Crippen MR) is 98.7 cm³/mol. The molecule has 0 spiro atoms. The fourth-order valence-corrected chi connectivity index (χ4v) is 2.88. The first-order valence-corrected chi connectivity index (χ1v) is 8.48. The zero-order valence-electron chi connectivity index (χ0n) is 14.1. The highest BCUT2D eigenvalue weighted by Gasteiger charge is 2.12. The maximum atomic E-state index is 6.18. The standard InChI is InChI=1S/C19H22ClN3O/c1-22(2)11-6-12-23-18-13-15(20)9-10-17(18)21-19(23)14-24-16-7-4-3-5-8-16/h3-5,7-10,13H,6,11-12,14H2,1-2H3. The third-order valence-corrected chi connectivity index (χ3v) is 4.12. The van der Waals surface area contributed by atoms with Crippen LogP contribution in [0.25, 0.3) is 11.0 Å². The number of imidazole rings is 1. The first kappa shape index (κ1) is 16.8.